The van der Waals surface area contributed by atoms with Crippen LogP contribution in [0.25, 0.3) is 10.9 Å². The summed E-state index contributed by atoms with van der Waals surface area (Å²) in [6, 6.07) is 5.16. The van der Waals surface area contributed by atoms with E-state index >= 15 is 0 Å². The Kier molecular flexibility index (Phi) is 1.38. The SMILES string of the molecule is NC1(c2cccc3cn[nH]c23)CC1(F)F. The fourth-order valence-corrected chi connectivity index (χ4v) is 1.94. The first-order valence-electron chi connectivity index (χ1n) is 4.64. The molecule has 0 radical (unpaired) electrons. The van der Waals surface area contributed by atoms with Crippen LogP contribution in [0.1, 0.15) is 12.0 Å². The van der Waals surface area contributed by atoms with Crippen LogP contribution >= 0.6 is 0 Å². The number of aromatic amines is 1. The number of rotatable bonds is 1. The highest BCUT2D eigenvalue weighted by molar-refractivity contribution is 5.83. The van der Waals surface area contributed by atoms with E-state index in [4.69, 9.17) is 5.73 Å². The maximum atomic E-state index is 13.1. The van der Waals surface area contributed by atoms with E-state index in [1.165, 1.54) is 0 Å². The van der Waals surface area contributed by atoms with Crippen molar-refractivity contribution in [2.24, 2.45) is 5.73 Å². The molecule has 0 amide bonds. The molecule has 0 aliphatic heterocycles. The summed E-state index contributed by atoms with van der Waals surface area (Å²) in [5.41, 5.74) is 5.21. The summed E-state index contributed by atoms with van der Waals surface area (Å²) in [6.07, 6.45) is 1.31. The molecule has 0 saturated heterocycles. The van der Waals surface area contributed by atoms with E-state index in [-0.39, 0.29) is 6.42 Å². The summed E-state index contributed by atoms with van der Waals surface area (Å²) in [7, 11) is 0. The predicted octanol–water partition coefficient (Wildman–Crippen LogP) is 1.76. The molecule has 2 aromatic rings. The highest BCUT2D eigenvalue weighted by Crippen LogP contribution is 2.58. The van der Waals surface area contributed by atoms with E-state index < -0.39 is 11.5 Å². The topological polar surface area (TPSA) is 54.7 Å². The minimum Gasteiger partial charge on any atom is -0.316 e. The van der Waals surface area contributed by atoms with E-state index in [2.05, 4.69) is 10.2 Å². The number of nitrogens with one attached hydrogen (secondary N) is 1. The van der Waals surface area contributed by atoms with Crippen LogP contribution < -0.4 is 5.73 Å². The van der Waals surface area contributed by atoms with Crippen molar-refractivity contribution < 1.29 is 8.78 Å². The average molecular weight is 209 g/mol. The van der Waals surface area contributed by atoms with E-state index in [9.17, 15) is 8.78 Å². The lowest BCUT2D eigenvalue weighted by molar-refractivity contribution is 0.0894. The second-order valence-electron chi connectivity index (χ2n) is 3.99. The van der Waals surface area contributed by atoms with Crippen molar-refractivity contribution in [1.82, 2.24) is 10.2 Å². The van der Waals surface area contributed by atoms with Gasteiger partial charge in [-0.2, -0.15) is 5.10 Å². The largest absolute Gasteiger partial charge is 0.316 e. The number of fused-ring (bicyclic) bond motifs is 1. The van der Waals surface area contributed by atoms with E-state index in [1.54, 1.807) is 18.3 Å². The number of hydrogen-bond acceptors (Lipinski definition) is 2. The Balaban J connectivity index is 2.24. The van der Waals surface area contributed by atoms with E-state index in [0.717, 1.165) is 5.39 Å². The lowest BCUT2D eigenvalue weighted by Crippen LogP contribution is -2.27. The molecule has 1 heterocycles. The van der Waals surface area contributed by atoms with Crippen molar-refractivity contribution in [3.63, 3.8) is 0 Å². The van der Waals surface area contributed by atoms with Gasteiger partial charge in [-0.1, -0.05) is 18.2 Å². The molecule has 1 fully saturated rings. The van der Waals surface area contributed by atoms with E-state index in [0.29, 0.717) is 11.1 Å². The summed E-state index contributed by atoms with van der Waals surface area (Å²) in [4.78, 5) is 0. The molecule has 0 spiro atoms. The van der Waals surface area contributed by atoms with Crippen LogP contribution in [-0.2, 0) is 5.54 Å². The van der Waals surface area contributed by atoms with Gasteiger partial charge in [-0.3, -0.25) is 5.10 Å². The van der Waals surface area contributed by atoms with Crippen molar-refractivity contribution >= 4 is 10.9 Å². The second-order valence-corrected chi connectivity index (χ2v) is 3.99. The third-order valence-electron chi connectivity index (χ3n) is 2.99. The quantitative estimate of drug-likeness (QED) is 0.751. The van der Waals surface area contributed by atoms with Gasteiger partial charge in [-0.15, -0.1) is 0 Å². The summed E-state index contributed by atoms with van der Waals surface area (Å²) < 4.78 is 26.3. The maximum Gasteiger partial charge on any atom is 0.272 e. The first-order chi connectivity index (χ1) is 7.05. The Morgan fingerprint density at radius 3 is 2.80 bits per heavy atom. The number of aromatic nitrogens is 2. The van der Waals surface area contributed by atoms with Gasteiger partial charge in [0, 0.05) is 17.4 Å². The number of alkyl halides is 2. The molecule has 78 valence electrons. The molecule has 1 aliphatic rings. The van der Waals surface area contributed by atoms with Crippen molar-refractivity contribution in [3.8, 4) is 0 Å². The number of halogens is 2. The number of para-hydroxylation sites is 1. The molecule has 1 aromatic carbocycles. The smallest absolute Gasteiger partial charge is 0.272 e. The number of benzene rings is 1. The normalized spacial score (nSPS) is 28.2. The standard InChI is InChI=1S/C10H9F2N3/c11-10(12)5-9(10,13)7-3-1-2-6-4-14-15-8(6)7/h1-4H,5,13H2,(H,14,15). The van der Waals surface area contributed by atoms with Crippen molar-refractivity contribution in [2.45, 2.75) is 17.9 Å². The molecule has 1 aromatic heterocycles. The highest BCUT2D eigenvalue weighted by atomic mass is 19.3. The van der Waals surface area contributed by atoms with Gasteiger partial charge in [-0.25, -0.2) is 8.78 Å². The second kappa shape index (κ2) is 2.36. The molecule has 3 rings (SSSR count). The van der Waals surface area contributed by atoms with Gasteiger partial charge < -0.3 is 5.73 Å². The van der Waals surface area contributed by atoms with Crippen LogP contribution in [0.5, 0.6) is 0 Å². The first kappa shape index (κ1) is 8.79. The van der Waals surface area contributed by atoms with E-state index in [1.807, 2.05) is 6.07 Å². The highest BCUT2D eigenvalue weighted by Gasteiger charge is 2.70. The molecule has 3 N–H and O–H groups in total. The van der Waals surface area contributed by atoms with Crippen molar-refractivity contribution in [1.29, 1.82) is 0 Å². The Bertz CT molecular complexity index is 534. The molecule has 0 bridgehead atoms. The van der Waals surface area contributed by atoms with Gasteiger partial charge in [0.2, 0.25) is 0 Å². The molecule has 1 unspecified atom stereocenters. The lowest BCUT2D eigenvalue weighted by atomic mass is 10.0. The zero-order valence-electron chi connectivity index (χ0n) is 7.80. The fourth-order valence-electron chi connectivity index (χ4n) is 1.94. The molecule has 3 nitrogen and oxygen atoms in total. The third kappa shape index (κ3) is 0.982. The van der Waals surface area contributed by atoms with Gasteiger partial charge in [0.15, 0.2) is 0 Å². The van der Waals surface area contributed by atoms with Gasteiger partial charge >= 0.3 is 0 Å². The monoisotopic (exact) mass is 209 g/mol. The molecule has 1 aliphatic carbocycles. The number of H-pyrrole nitrogens is 1. The average Bonchev–Trinajstić information content (AvgIpc) is 2.61. The first-order valence-corrected chi connectivity index (χ1v) is 4.64. The fraction of sp³-hybridized carbons (Fsp3) is 0.300. The Hall–Kier alpha value is -1.49. The number of hydrogen-bond donors (Lipinski definition) is 2. The summed E-state index contributed by atoms with van der Waals surface area (Å²) >= 11 is 0. The maximum absolute atomic E-state index is 13.1. The Morgan fingerprint density at radius 2 is 2.13 bits per heavy atom. The summed E-state index contributed by atoms with van der Waals surface area (Å²) in [6.45, 7) is 0. The minimum atomic E-state index is -2.80. The number of nitrogens with zero attached hydrogens (tertiary/aromatic N) is 1. The zero-order chi connectivity index (χ0) is 10.7. The van der Waals surface area contributed by atoms with Crippen molar-refractivity contribution in [2.75, 3.05) is 0 Å². The van der Waals surface area contributed by atoms with Crippen LogP contribution in [0.2, 0.25) is 0 Å². The molecular formula is C10H9F2N3. The molecule has 1 saturated carbocycles. The zero-order valence-corrected chi connectivity index (χ0v) is 7.80. The third-order valence-corrected chi connectivity index (χ3v) is 2.99. The molecule has 1 atom stereocenters. The van der Waals surface area contributed by atoms with Gasteiger partial charge in [0.1, 0.15) is 5.54 Å². The summed E-state index contributed by atoms with van der Waals surface area (Å²) in [5, 5.41) is 7.34. The molecule has 15 heavy (non-hydrogen) atoms. The van der Waals surface area contributed by atoms with Gasteiger partial charge in [0.25, 0.3) is 5.92 Å². The van der Waals surface area contributed by atoms with Crippen LogP contribution in [0.4, 0.5) is 8.78 Å². The van der Waals surface area contributed by atoms with Crippen LogP contribution in [0.3, 0.4) is 0 Å². The van der Waals surface area contributed by atoms with Gasteiger partial charge in [-0.05, 0) is 0 Å². The molecule has 5 heteroatoms. The van der Waals surface area contributed by atoms with Gasteiger partial charge in [0.05, 0.1) is 11.7 Å². The minimum absolute atomic E-state index is 0.294. The molecular weight excluding hydrogens is 200 g/mol. The van der Waals surface area contributed by atoms with Crippen LogP contribution in [0, 0.1) is 0 Å². The van der Waals surface area contributed by atoms with Crippen LogP contribution in [0.15, 0.2) is 24.4 Å². The number of nitrogens with two attached hydrogens (primary N) is 1. The summed E-state index contributed by atoms with van der Waals surface area (Å²) in [5.74, 6) is -2.80. The lowest BCUT2D eigenvalue weighted by Gasteiger charge is -2.11. The van der Waals surface area contributed by atoms with Crippen molar-refractivity contribution in [3.05, 3.63) is 30.0 Å². The Morgan fingerprint density at radius 1 is 1.40 bits per heavy atom. The van der Waals surface area contributed by atoms with Crippen LogP contribution in [-0.4, -0.2) is 16.1 Å². The predicted molar refractivity (Wildman–Crippen MR) is 51.5 cm³/mol. The Labute approximate surface area is 84.3 Å².